The molecule has 18 heavy (non-hydrogen) atoms. The largest absolute Gasteiger partial charge is 0.364 e. The van der Waals surface area contributed by atoms with Gasteiger partial charge < -0.3 is 4.90 Å². The van der Waals surface area contributed by atoms with Crippen molar-refractivity contribution in [1.82, 2.24) is 0 Å². The Balaban J connectivity index is 2.21. The van der Waals surface area contributed by atoms with E-state index in [1.54, 1.807) is 6.92 Å². The zero-order valence-electron chi connectivity index (χ0n) is 11.2. The first-order valence-electron chi connectivity index (χ1n) is 6.29. The van der Waals surface area contributed by atoms with Gasteiger partial charge in [-0.2, -0.15) is 0 Å². The SMILES string of the molecule is CC(=O)c1cccc(N2CCC(C)(C)C(=O)C2)c1. The Morgan fingerprint density at radius 2 is 2.06 bits per heavy atom. The first kappa shape index (κ1) is 12.8. The van der Waals surface area contributed by atoms with E-state index in [1.807, 2.05) is 38.1 Å². The fourth-order valence-corrected chi connectivity index (χ4v) is 2.16. The maximum absolute atomic E-state index is 12.0. The molecule has 0 saturated carbocycles. The monoisotopic (exact) mass is 245 g/mol. The van der Waals surface area contributed by atoms with Gasteiger partial charge in [0.15, 0.2) is 11.6 Å². The minimum atomic E-state index is -0.214. The Morgan fingerprint density at radius 1 is 1.33 bits per heavy atom. The average molecular weight is 245 g/mol. The van der Waals surface area contributed by atoms with Gasteiger partial charge in [-0.1, -0.05) is 26.0 Å². The third-order valence-corrected chi connectivity index (χ3v) is 3.71. The molecule has 1 saturated heterocycles. The van der Waals surface area contributed by atoms with Crippen LogP contribution >= 0.6 is 0 Å². The molecule has 1 aliphatic heterocycles. The lowest BCUT2D eigenvalue weighted by Crippen LogP contribution is -2.45. The van der Waals surface area contributed by atoms with Gasteiger partial charge in [-0.15, -0.1) is 0 Å². The number of hydrogen-bond acceptors (Lipinski definition) is 3. The van der Waals surface area contributed by atoms with E-state index < -0.39 is 0 Å². The predicted octanol–water partition coefficient (Wildman–Crippen LogP) is 2.69. The summed E-state index contributed by atoms with van der Waals surface area (Å²) in [6.45, 7) is 6.86. The number of ketones is 2. The molecule has 1 aliphatic rings. The molecule has 0 aromatic heterocycles. The van der Waals surface area contributed by atoms with Crippen molar-refractivity contribution in [2.24, 2.45) is 5.41 Å². The number of hydrogen-bond donors (Lipinski definition) is 0. The maximum Gasteiger partial charge on any atom is 0.159 e. The van der Waals surface area contributed by atoms with Crippen LogP contribution in [-0.2, 0) is 4.79 Å². The van der Waals surface area contributed by atoms with Crippen LogP contribution in [0.25, 0.3) is 0 Å². The summed E-state index contributed by atoms with van der Waals surface area (Å²) >= 11 is 0. The smallest absolute Gasteiger partial charge is 0.159 e. The maximum atomic E-state index is 12.0. The third-order valence-electron chi connectivity index (χ3n) is 3.71. The van der Waals surface area contributed by atoms with Crippen LogP contribution in [0.4, 0.5) is 5.69 Å². The van der Waals surface area contributed by atoms with Gasteiger partial charge in [0.25, 0.3) is 0 Å². The molecular formula is C15H19NO2. The summed E-state index contributed by atoms with van der Waals surface area (Å²) < 4.78 is 0. The van der Waals surface area contributed by atoms with Crippen LogP contribution in [0.15, 0.2) is 24.3 Å². The second kappa shape index (κ2) is 4.56. The molecule has 0 N–H and O–H groups in total. The van der Waals surface area contributed by atoms with Crippen LogP contribution in [0.3, 0.4) is 0 Å². The number of carbonyl (C=O) groups excluding carboxylic acids is 2. The molecule has 0 amide bonds. The molecule has 96 valence electrons. The summed E-state index contributed by atoms with van der Waals surface area (Å²) in [6, 6.07) is 7.50. The molecule has 0 bridgehead atoms. The van der Waals surface area contributed by atoms with Gasteiger partial charge in [0.2, 0.25) is 0 Å². The Morgan fingerprint density at radius 3 is 2.67 bits per heavy atom. The zero-order valence-corrected chi connectivity index (χ0v) is 11.2. The number of anilines is 1. The van der Waals surface area contributed by atoms with Gasteiger partial charge in [-0.05, 0) is 25.5 Å². The van der Waals surface area contributed by atoms with E-state index in [1.165, 1.54) is 0 Å². The topological polar surface area (TPSA) is 37.4 Å². The Bertz CT molecular complexity index is 491. The van der Waals surface area contributed by atoms with Crippen molar-refractivity contribution in [2.45, 2.75) is 27.2 Å². The van der Waals surface area contributed by atoms with E-state index in [2.05, 4.69) is 4.90 Å². The van der Waals surface area contributed by atoms with Crippen molar-refractivity contribution >= 4 is 17.3 Å². The van der Waals surface area contributed by atoms with Gasteiger partial charge in [-0.25, -0.2) is 0 Å². The number of rotatable bonds is 2. The highest BCUT2D eigenvalue weighted by molar-refractivity contribution is 5.95. The molecule has 0 radical (unpaired) electrons. The lowest BCUT2D eigenvalue weighted by Gasteiger charge is -2.36. The molecule has 1 fully saturated rings. The van der Waals surface area contributed by atoms with E-state index in [4.69, 9.17) is 0 Å². The summed E-state index contributed by atoms with van der Waals surface area (Å²) in [5, 5.41) is 0. The van der Waals surface area contributed by atoms with E-state index in [0.29, 0.717) is 12.1 Å². The van der Waals surface area contributed by atoms with Crippen LogP contribution in [0, 0.1) is 5.41 Å². The highest BCUT2D eigenvalue weighted by Crippen LogP contribution is 2.29. The van der Waals surface area contributed by atoms with E-state index >= 15 is 0 Å². The van der Waals surface area contributed by atoms with Crippen molar-refractivity contribution in [3.63, 3.8) is 0 Å². The average Bonchev–Trinajstić information content (AvgIpc) is 2.33. The Labute approximate surface area is 108 Å². The molecular weight excluding hydrogens is 226 g/mol. The van der Waals surface area contributed by atoms with Crippen LogP contribution in [0.1, 0.15) is 37.6 Å². The fourth-order valence-electron chi connectivity index (χ4n) is 2.16. The number of Topliss-reactive ketones (excluding diaryl/α,β-unsaturated/α-hetero) is 2. The van der Waals surface area contributed by atoms with Crippen LogP contribution in [0.5, 0.6) is 0 Å². The molecule has 2 rings (SSSR count). The number of benzene rings is 1. The van der Waals surface area contributed by atoms with Crippen LogP contribution in [0.2, 0.25) is 0 Å². The lowest BCUT2D eigenvalue weighted by molar-refractivity contribution is -0.127. The summed E-state index contributed by atoms with van der Waals surface area (Å²) in [6.07, 6.45) is 0.857. The Kier molecular flexibility index (Phi) is 3.24. The highest BCUT2D eigenvalue weighted by atomic mass is 16.1. The van der Waals surface area contributed by atoms with E-state index in [-0.39, 0.29) is 17.0 Å². The standard InChI is InChI=1S/C15H19NO2/c1-11(17)12-5-4-6-13(9-12)16-8-7-15(2,3)14(18)10-16/h4-6,9H,7-8,10H2,1-3H3. The van der Waals surface area contributed by atoms with Crippen molar-refractivity contribution in [3.05, 3.63) is 29.8 Å². The van der Waals surface area contributed by atoms with Crippen LogP contribution in [-0.4, -0.2) is 24.7 Å². The molecule has 1 aromatic rings. The second-order valence-corrected chi connectivity index (χ2v) is 5.59. The van der Waals surface area contributed by atoms with Crippen molar-refractivity contribution in [1.29, 1.82) is 0 Å². The molecule has 1 heterocycles. The summed E-state index contributed by atoms with van der Waals surface area (Å²) in [4.78, 5) is 25.4. The van der Waals surface area contributed by atoms with Gasteiger partial charge >= 0.3 is 0 Å². The van der Waals surface area contributed by atoms with Crippen molar-refractivity contribution in [2.75, 3.05) is 18.0 Å². The fraction of sp³-hybridized carbons (Fsp3) is 0.467. The number of nitrogens with zero attached hydrogens (tertiary/aromatic N) is 1. The van der Waals surface area contributed by atoms with Gasteiger partial charge in [0.05, 0.1) is 6.54 Å². The molecule has 0 aliphatic carbocycles. The molecule has 3 heteroatoms. The predicted molar refractivity (Wildman–Crippen MR) is 72.1 cm³/mol. The Hall–Kier alpha value is -1.64. The lowest BCUT2D eigenvalue weighted by atomic mass is 9.81. The molecule has 0 unspecified atom stereocenters. The third kappa shape index (κ3) is 2.45. The first-order chi connectivity index (χ1) is 8.40. The number of carbonyl (C=O) groups is 2. The van der Waals surface area contributed by atoms with E-state index in [0.717, 1.165) is 18.7 Å². The first-order valence-corrected chi connectivity index (χ1v) is 6.29. The number of piperidine rings is 1. The van der Waals surface area contributed by atoms with E-state index in [9.17, 15) is 9.59 Å². The molecule has 0 spiro atoms. The van der Waals surface area contributed by atoms with Gasteiger partial charge in [0, 0.05) is 23.2 Å². The van der Waals surface area contributed by atoms with Gasteiger partial charge in [-0.3, -0.25) is 9.59 Å². The van der Waals surface area contributed by atoms with Gasteiger partial charge in [0.1, 0.15) is 0 Å². The quantitative estimate of drug-likeness (QED) is 0.752. The minimum absolute atomic E-state index is 0.0560. The normalized spacial score (nSPS) is 18.8. The minimum Gasteiger partial charge on any atom is -0.364 e. The van der Waals surface area contributed by atoms with Crippen molar-refractivity contribution < 1.29 is 9.59 Å². The summed E-state index contributed by atoms with van der Waals surface area (Å²) in [5.41, 5.74) is 1.45. The highest BCUT2D eigenvalue weighted by Gasteiger charge is 2.33. The molecule has 3 nitrogen and oxygen atoms in total. The second-order valence-electron chi connectivity index (χ2n) is 5.59. The summed E-state index contributed by atoms with van der Waals surface area (Å²) in [5.74, 6) is 0.322. The van der Waals surface area contributed by atoms with Crippen molar-refractivity contribution in [3.8, 4) is 0 Å². The summed E-state index contributed by atoms with van der Waals surface area (Å²) in [7, 11) is 0. The molecule has 0 atom stereocenters. The zero-order chi connectivity index (χ0) is 13.3. The van der Waals surface area contributed by atoms with Crippen LogP contribution < -0.4 is 4.90 Å². The molecule has 1 aromatic carbocycles.